The number of nitrogens with one attached hydrogen (secondary N) is 2. The molecule has 6 nitrogen and oxygen atoms in total. The van der Waals surface area contributed by atoms with E-state index in [1.165, 1.54) is 30.3 Å². The van der Waals surface area contributed by atoms with Gasteiger partial charge < -0.3 is 5.32 Å². The van der Waals surface area contributed by atoms with Crippen LogP contribution >= 0.6 is 0 Å². The largest absolute Gasteiger partial charge is 0.416 e. The Morgan fingerprint density at radius 1 is 0.861 bits per heavy atom. The highest BCUT2D eigenvalue weighted by Crippen LogP contribution is 2.32. The number of carbonyl (C=O) groups is 2. The number of hydrogen-bond acceptors (Lipinski definition) is 4. The maximum Gasteiger partial charge on any atom is 0.416 e. The van der Waals surface area contributed by atoms with E-state index in [2.05, 4.69) is 5.32 Å². The normalized spacial score (nSPS) is 11.7. The highest BCUT2D eigenvalue weighted by atomic mass is 32.2. The summed E-state index contributed by atoms with van der Waals surface area (Å²) in [6.45, 7) is 1.97. The molecule has 0 aliphatic rings. The first kappa shape index (κ1) is 26.9. The van der Waals surface area contributed by atoms with E-state index in [1.54, 1.807) is 30.3 Å². The van der Waals surface area contributed by atoms with Crippen molar-refractivity contribution in [2.75, 3.05) is 5.32 Å². The summed E-state index contributed by atoms with van der Waals surface area (Å²) >= 11 is 0. The molecule has 0 aromatic heterocycles. The minimum absolute atomic E-state index is 0.111. The first-order chi connectivity index (χ1) is 17.0. The smallest absolute Gasteiger partial charge is 0.322 e. The van der Waals surface area contributed by atoms with Gasteiger partial charge in [0.25, 0.3) is 15.9 Å². The number of rotatable bonds is 9. The van der Waals surface area contributed by atoms with Crippen molar-refractivity contribution in [3.63, 3.8) is 0 Å². The zero-order valence-corrected chi connectivity index (χ0v) is 20.2. The molecule has 0 saturated carbocycles. The van der Waals surface area contributed by atoms with Crippen molar-refractivity contribution in [2.45, 2.75) is 43.7 Å². The number of unbranched alkanes of at least 4 members (excludes halogenated alkanes) is 2. The Morgan fingerprint density at radius 2 is 1.53 bits per heavy atom. The Balaban J connectivity index is 1.64. The number of halogens is 3. The molecule has 0 aliphatic heterocycles. The second-order valence-corrected chi connectivity index (χ2v) is 9.80. The van der Waals surface area contributed by atoms with Crippen LogP contribution in [0.3, 0.4) is 0 Å². The fourth-order valence-corrected chi connectivity index (χ4v) is 4.42. The average Bonchev–Trinajstić information content (AvgIpc) is 2.84. The van der Waals surface area contributed by atoms with Crippen LogP contribution in [0.1, 0.15) is 48.5 Å². The van der Waals surface area contributed by atoms with Crippen molar-refractivity contribution in [1.82, 2.24) is 4.72 Å². The van der Waals surface area contributed by atoms with Crippen molar-refractivity contribution in [3.8, 4) is 11.1 Å². The van der Waals surface area contributed by atoms with E-state index < -0.39 is 33.6 Å². The third-order valence-electron chi connectivity index (χ3n) is 5.35. The van der Waals surface area contributed by atoms with Gasteiger partial charge in [0, 0.05) is 17.7 Å². The van der Waals surface area contributed by atoms with Crippen LogP contribution in [-0.4, -0.2) is 20.2 Å². The maximum absolute atomic E-state index is 13.0. The second kappa shape index (κ2) is 11.4. The molecule has 36 heavy (non-hydrogen) atoms. The number of amides is 2. The van der Waals surface area contributed by atoms with Gasteiger partial charge in [0.15, 0.2) is 0 Å². The SMILES string of the molecule is CCCCCC(=O)NS(=O)(=O)c1ccc(C(=O)Nc2ccc(-c3cccc(C(F)(F)F)c3)cc2)cc1. The molecule has 2 N–H and O–H groups in total. The van der Waals surface area contributed by atoms with Gasteiger partial charge in [-0.05, 0) is 66.1 Å². The summed E-state index contributed by atoms with van der Waals surface area (Å²) in [7, 11) is -4.04. The van der Waals surface area contributed by atoms with Gasteiger partial charge in [-0.15, -0.1) is 0 Å². The predicted octanol–water partition coefficient (Wildman–Crippen LogP) is 6.01. The fourth-order valence-electron chi connectivity index (χ4n) is 3.41. The third kappa shape index (κ3) is 7.17. The standard InChI is InChI=1S/C26H25F3N2O4S/c1-2-3-4-8-24(32)31-36(34,35)23-15-11-19(12-16-23)25(33)30-22-13-9-18(10-14-22)20-6-5-7-21(17-20)26(27,28)29/h5-7,9-17H,2-4,8H2,1H3,(H,30,33)(H,31,32). The minimum atomic E-state index is -4.45. The van der Waals surface area contributed by atoms with Gasteiger partial charge in [-0.3, -0.25) is 9.59 Å². The molecule has 190 valence electrons. The van der Waals surface area contributed by atoms with Crippen LogP contribution in [0, 0.1) is 0 Å². The molecule has 0 fully saturated rings. The van der Waals surface area contributed by atoms with Crippen LogP contribution in [0.5, 0.6) is 0 Å². The van der Waals surface area contributed by atoms with Crippen LogP contribution in [0.2, 0.25) is 0 Å². The minimum Gasteiger partial charge on any atom is -0.322 e. The van der Waals surface area contributed by atoms with Gasteiger partial charge in [0.1, 0.15) is 0 Å². The lowest BCUT2D eigenvalue weighted by atomic mass is 10.0. The Bertz CT molecular complexity index is 1320. The van der Waals surface area contributed by atoms with Gasteiger partial charge in [-0.1, -0.05) is 44.0 Å². The number of sulfonamides is 1. The van der Waals surface area contributed by atoms with E-state index >= 15 is 0 Å². The highest BCUT2D eigenvalue weighted by Gasteiger charge is 2.30. The molecule has 0 atom stereocenters. The molecular formula is C26H25F3N2O4S. The quantitative estimate of drug-likeness (QED) is 0.340. The van der Waals surface area contributed by atoms with Crippen molar-refractivity contribution < 1.29 is 31.2 Å². The van der Waals surface area contributed by atoms with E-state index in [0.29, 0.717) is 23.2 Å². The van der Waals surface area contributed by atoms with Crippen LogP contribution < -0.4 is 10.0 Å². The molecule has 2 amide bonds. The molecule has 10 heteroatoms. The van der Waals surface area contributed by atoms with Gasteiger partial charge in [0.05, 0.1) is 10.5 Å². The molecule has 0 bridgehead atoms. The predicted molar refractivity (Wildman–Crippen MR) is 131 cm³/mol. The summed E-state index contributed by atoms with van der Waals surface area (Å²) in [6, 6.07) is 16.3. The van der Waals surface area contributed by atoms with Crippen LogP contribution in [0.15, 0.2) is 77.7 Å². The summed E-state index contributed by atoms with van der Waals surface area (Å²) in [5.41, 5.74) is 0.776. The molecule has 3 aromatic carbocycles. The van der Waals surface area contributed by atoms with Crippen molar-refractivity contribution in [3.05, 3.63) is 83.9 Å². The number of benzene rings is 3. The molecule has 0 aliphatic carbocycles. The summed E-state index contributed by atoms with van der Waals surface area (Å²) < 4.78 is 65.6. The number of alkyl halides is 3. The molecule has 3 rings (SSSR count). The molecular weight excluding hydrogens is 493 g/mol. The lowest BCUT2D eigenvalue weighted by Gasteiger charge is -2.10. The summed E-state index contributed by atoms with van der Waals surface area (Å²) in [5.74, 6) is -1.09. The molecule has 0 radical (unpaired) electrons. The maximum atomic E-state index is 13.0. The molecule has 0 saturated heterocycles. The summed E-state index contributed by atoms with van der Waals surface area (Å²) in [4.78, 5) is 24.3. The van der Waals surface area contributed by atoms with Crippen molar-refractivity contribution in [2.24, 2.45) is 0 Å². The first-order valence-electron chi connectivity index (χ1n) is 11.2. The number of hydrogen-bond donors (Lipinski definition) is 2. The van der Waals surface area contributed by atoms with Gasteiger partial charge >= 0.3 is 6.18 Å². The lowest BCUT2D eigenvalue weighted by Crippen LogP contribution is -2.30. The first-order valence-corrected chi connectivity index (χ1v) is 12.7. The Morgan fingerprint density at radius 3 is 2.14 bits per heavy atom. The Hall–Kier alpha value is -3.66. The highest BCUT2D eigenvalue weighted by molar-refractivity contribution is 7.90. The molecule has 0 spiro atoms. The van der Waals surface area contributed by atoms with E-state index in [0.717, 1.165) is 25.0 Å². The van der Waals surface area contributed by atoms with Gasteiger partial charge in [-0.2, -0.15) is 13.2 Å². The van der Waals surface area contributed by atoms with E-state index in [1.807, 2.05) is 11.6 Å². The van der Waals surface area contributed by atoms with E-state index in [9.17, 15) is 31.2 Å². The van der Waals surface area contributed by atoms with Crippen molar-refractivity contribution in [1.29, 1.82) is 0 Å². The Kier molecular flexibility index (Phi) is 8.52. The summed E-state index contributed by atoms with van der Waals surface area (Å²) in [6.07, 6.45) is -2.01. The summed E-state index contributed by atoms with van der Waals surface area (Å²) in [5, 5.41) is 2.65. The molecule has 0 unspecified atom stereocenters. The Labute approximate surface area is 207 Å². The monoisotopic (exact) mass is 518 g/mol. The fraction of sp³-hybridized carbons (Fsp3) is 0.231. The van der Waals surface area contributed by atoms with Crippen molar-refractivity contribution >= 4 is 27.5 Å². The average molecular weight is 519 g/mol. The second-order valence-electron chi connectivity index (χ2n) is 8.12. The van der Waals surface area contributed by atoms with Gasteiger partial charge in [0.2, 0.25) is 5.91 Å². The number of carbonyl (C=O) groups excluding carboxylic acids is 2. The number of anilines is 1. The van der Waals surface area contributed by atoms with Gasteiger partial charge in [-0.25, -0.2) is 13.1 Å². The lowest BCUT2D eigenvalue weighted by molar-refractivity contribution is -0.137. The third-order valence-corrected chi connectivity index (χ3v) is 6.74. The topological polar surface area (TPSA) is 92.3 Å². The zero-order valence-electron chi connectivity index (χ0n) is 19.4. The van der Waals surface area contributed by atoms with E-state index in [4.69, 9.17) is 0 Å². The molecule has 3 aromatic rings. The zero-order chi connectivity index (χ0) is 26.3. The van der Waals surface area contributed by atoms with Crippen LogP contribution in [0.4, 0.5) is 18.9 Å². The van der Waals surface area contributed by atoms with E-state index in [-0.39, 0.29) is 16.9 Å². The molecule has 0 heterocycles. The van der Waals surface area contributed by atoms with Crippen LogP contribution in [-0.2, 0) is 21.0 Å². The van der Waals surface area contributed by atoms with Crippen LogP contribution in [0.25, 0.3) is 11.1 Å².